The smallest absolute Gasteiger partial charge is 0.328 e. The maximum absolute atomic E-state index is 11.7. The highest BCUT2D eigenvalue weighted by Gasteiger charge is 2.24. The molecule has 0 aliphatic carbocycles. The van der Waals surface area contributed by atoms with Crippen LogP contribution in [0.25, 0.3) is 0 Å². The molecule has 1 amide bonds. The average molecular weight is 269 g/mol. The van der Waals surface area contributed by atoms with Gasteiger partial charge < -0.3 is 15.2 Å². The molecule has 2 N–H and O–H groups in total. The van der Waals surface area contributed by atoms with Gasteiger partial charge in [0.1, 0.15) is 12.1 Å². The lowest BCUT2D eigenvalue weighted by Gasteiger charge is -2.19. The Morgan fingerprint density at radius 2 is 2.05 bits per heavy atom. The van der Waals surface area contributed by atoms with Crippen LogP contribution in [0.4, 0.5) is 0 Å². The molecule has 19 heavy (non-hydrogen) atoms. The van der Waals surface area contributed by atoms with E-state index in [2.05, 4.69) is 16.0 Å². The van der Waals surface area contributed by atoms with Gasteiger partial charge in [0, 0.05) is 6.42 Å². The van der Waals surface area contributed by atoms with Gasteiger partial charge in [0.05, 0.1) is 7.11 Å². The molecular weight excluding hydrogens is 246 g/mol. The minimum absolute atomic E-state index is 0.193. The quantitative estimate of drug-likeness (QED) is 0.389. The first-order valence-electron chi connectivity index (χ1n) is 6.42. The normalized spacial score (nSPS) is 13.5. The summed E-state index contributed by atoms with van der Waals surface area (Å²) in [4.78, 5) is 23.2. The fourth-order valence-electron chi connectivity index (χ4n) is 1.62. The molecule has 0 rings (SSSR count). The first kappa shape index (κ1) is 17.5. The van der Waals surface area contributed by atoms with Crippen LogP contribution < -0.4 is 5.32 Å². The van der Waals surface area contributed by atoms with Crippen molar-refractivity contribution in [3.8, 4) is 12.3 Å². The number of unbranched alkanes of at least 4 members (excludes halogenated alkanes) is 1. The van der Waals surface area contributed by atoms with E-state index in [0.717, 1.165) is 0 Å². The van der Waals surface area contributed by atoms with Crippen molar-refractivity contribution in [2.24, 2.45) is 5.92 Å². The van der Waals surface area contributed by atoms with Crippen molar-refractivity contribution in [3.05, 3.63) is 0 Å². The molecule has 0 radical (unpaired) electrons. The molecule has 108 valence electrons. The van der Waals surface area contributed by atoms with Crippen molar-refractivity contribution in [3.63, 3.8) is 0 Å². The highest BCUT2D eigenvalue weighted by molar-refractivity contribution is 5.86. The van der Waals surface area contributed by atoms with E-state index in [4.69, 9.17) is 6.42 Å². The largest absolute Gasteiger partial charge is 0.467 e. The molecule has 0 saturated carbocycles. The Labute approximate surface area is 114 Å². The average Bonchev–Trinajstić information content (AvgIpc) is 2.35. The molecule has 0 saturated heterocycles. The number of carbonyl (C=O) groups excluding carboxylic acids is 2. The zero-order chi connectivity index (χ0) is 14.8. The van der Waals surface area contributed by atoms with E-state index in [0.29, 0.717) is 25.7 Å². The van der Waals surface area contributed by atoms with Gasteiger partial charge in [-0.3, -0.25) is 4.79 Å². The fraction of sp³-hybridized carbons (Fsp3) is 0.714. The Morgan fingerprint density at radius 1 is 1.42 bits per heavy atom. The summed E-state index contributed by atoms with van der Waals surface area (Å²) in [5, 5.41) is 12.2. The summed E-state index contributed by atoms with van der Waals surface area (Å²) in [6.45, 7) is 3.81. The summed E-state index contributed by atoms with van der Waals surface area (Å²) < 4.78 is 4.62. The molecular formula is C14H23NO4. The number of ether oxygens (including phenoxy) is 1. The molecule has 0 unspecified atom stereocenters. The molecule has 0 aliphatic heterocycles. The van der Waals surface area contributed by atoms with E-state index in [1.54, 1.807) is 0 Å². The minimum atomic E-state index is -1.11. The highest BCUT2D eigenvalue weighted by Crippen LogP contribution is 2.07. The van der Waals surface area contributed by atoms with Gasteiger partial charge in [0.15, 0.2) is 0 Å². The molecule has 0 aliphatic rings. The number of hydrogen-bond donors (Lipinski definition) is 2. The highest BCUT2D eigenvalue weighted by atomic mass is 16.5. The lowest BCUT2D eigenvalue weighted by atomic mass is 10.0. The van der Waals surface area contributed by atoms with Crippen LogP contribution in [0.5, 0.6) is 0 Å². The second-order valence-corrected chi connectivity index (χ2v) is 4.83. The van der Waals surface area contributed by atoms with Crippen LogP contribution in [-0.4, -0.2) is 36.2 Å². The number of carbonyl (C=O) groups is 2. The molecule has 5 nitrogen and oxygen atoms in total. The van der Waals surface area contributed by atoms with Gasteiger partial charge in [-0.05, 0) is 25.2 Å². The van der Waals surface area contributed by atoms with Crippen molar-refractivity contribution in [2.45, 2.75) is 51.7 Å². The summed E-state index contributed by atoms with van der Waals surface area (Å²) >= 11 is 0. The van der Waals surface area contributed by atoms with E-state index < -0.39 is 24.0 Å². The van der Waals surface area contributed by atoms with Crippen molar-refractivity contribution in [1.82, 2.24) is 5.32 Å². The first-order valence-corrected chi connectivity index (χ1v) is 6.42. The third-order valence-corrected chi connectivity index (χ3v) is 2.61. The van der Waals surface area contributed by atoms with Crippen molar-refractivity contribution in [2.75, 3.05) is 7.11 Å². The van der Waals surface area contributed by atoms with Crippen LogP contribution in [0.1, 0.15) is 39.5 Å². The maximum Gasteiger partial charge on any atom is 0.328 e. The van der Waals surface area contributed by atoms with Gasteiger partial charge in [-0.2, -0.15) is 0 Å². The topological polar surface area (TPSA) is 75.6 Å². The number of terminal acetylenes is 1. The van der Waals surface area contributed by atoms with E-state index in [9.17, 15) is 14.7 Å². The predicted octanol–water partition coefficient (Wildman–Crippen LogP) is 0.855. The Bertz CT molecular complexity index is 333. The van der Waals surface area contributed by atoms with Crippen LogP contribution in [0, 0.1) is 18.3 Å². The molecule has 0 aromatic heterocycles. The number of methoxy groups -OCH3 is 1. The number of aliphatic hydroxyl groups excluding tert-OH is 1. The number of amides is 1. The zero-order valence-corrected chi connectivity index (χ0v) is 11.8. The number of hydrogen-bond acceptors (Lipinski definition) is 4. The third-order valence-electron chi connectivity index (χ3n) is 2.61. The van der Waals surface area contributed by atoms with Crippen molar-refractivity contribution in [1.29, 1.82) is 0 Å². The van der Waals surface area contributed by atoms with Crippen molar-refractivity contribution < 1.29 is 19.4 Å². The molecule has 5 heteroatoms. The summed E-state index contributed by atoms with van der Waals surface area (Å²) in [6, 6.07) is -0.757. The number of nitrogens with one attached hydrogen (secondary N) is 1. The molecule has 0 aromatic rings. The molecule has 0 bridgehead atoms. The third kappa shape index (κ3) is 7.47. The second kappa shape index (κ2) is 9.40. The van der Waals surface area contributed by atoms with Gasteiger partial charge in [-0.1, -0.05) is 13.8 Å². The molecule has 0 aromatic carbocycles. The summed E-state index contributed by atoms with van der Waals surface area (Å²) in [5.74, 6) is 1.58. The first-order chi connectivity index (χ1) is 8.92. The van der Waals surface area contributed by atoms with Crippen LogP contribution in [0.3, 0.4) is 0 Å². The van der Waals surface area contributed by atoms with Crippen LogP contribution in [0.2, 0.25) is 0 Å². The van der Waals surface area contributed by atoms with Crippen molar-refractivity contribution >= 4 is 11.9 Å². The lowest BCUT2D eigenvalue weighted by molar-refractivity contribution is -0.146. The number of esters is 1. The number of aliphatic hydroxyl groups is 1. The maximum atomic E-state index is 11.7. The fourth-order valence-corrected chi connectivity index (χ4v) is 1.62. The Kier molecular flexibility index (Phi) is 8.64. The van der Waals surface area contributed by atoms with E-state index in [1.165, 1.54) is 7.11 Å². The lowest BCUT2D eigenvalue weighted by Crippen LogP contribution is -2.46. The van der Waals surface area contributed by atoms with E-state index in [1.807, 2.05) is 13.8 Å². The van der Waals surface area contributed by atoms with Crippen LogP contribution in [0.15, 0.2) is 0 Å². The molecule has 0 spiro atoms. The Balaban J connectivity index is 4.42. The molecule has 0 fully saturated rings. The van der Waals surface area contributed by atoms with E-state index in [-0.39, 0.29) is 5.92 Å². The molecule has 0 heterocycles. The second-order valence-electron chi connectivity index (χ2n) is 4.83. The minimum Gasteiger partial charge on any atom is -0.467 e. The summed E-state index contributed by atoms with van der Waals surface area (Å²) in [6.07, 6.45) is 5.91. The monoisotopic (exact) mass is 269 g/mol. The van der Waals surface area contributed by atoms with Gasteiger partial charge in [-0.25, -0.2) is 4.79 Å². The van der Waals surface area contributed by atoms with Crippen LogP contribution >= 0.6 is 0 Å². The summed E-state index contributed by atoms with van der Waals surface area (Å²) in [7, 11) is 1.26. The SMILES string of the molecule is C#CCCC[C@H](NC(=O)[C@H](O)CC(C)C)C(=O)OC. The van der Waals surface area contributed by atoms with Gasteiger partial charge in [0.2, 0.25) is 5.91 Å². The summed E-state index contributed by atoms with van der Waals surface area (Å²) in [5.41, 5.74) is 0. The van der Waals surface area contributed by atoms with Gasteiger partial charge in [-0.15, -0.1) is 12.3 Å². The van der Waals surface area contributed by atoms with Gasteiger partial charge >= 0.3 is 5.97 Å². The Hall–Kier alpha value is -1.54. The number of rotatable bonds is 8. The van der Waals surface area contributed by atoms with Crippen LogP contribution in [-0.2, 0) is 14.3 Å². The zero-order valence-electron chi connectivity index (χ0n) is 11.8. The Morgan fingerprint density at radius 3 is 2.53 bits per heavy atom. The predicted molar refractivity (Wildman–Crippen MR) is 72.1 cm³/mol. The van der Waals surface area contributed by atoms with Gasteiger partial charge in [0.25, 0.3) is 0 Å². The molecule has 2 atom stereocenters. The standard InChI is InChI=1S/C14H23NO4/c1-5-6-7-8-11(14(18)19-4)15-13(17)12(16)9-10(2)3/h1,10-12,16H,6-9H2,2-4H3,(H,15,17)/t11-,12+/m0/s1. The van der Waals surface area contributed by atoms with E-state index >= 15 is 0 Å².